The highest BCUT2D eigenvalue weighted by atomic mass is 16.6. The predicted octanol–water partition coefficient (Wildman–Crippen LogP) is -0.247. The number of H-pyrrole nitrogens is 1. The number of nitrogens with one attached hydrogen (secondary N) is 1. The van der Waals surface area contributed by atoms with Crippen molar-refractivity contribution >= 4 is 12.2 Å². The maximum atomic E-state index is 4.37. The molecule has 60 valence electrons. The average molecular weight is 164 g/mol. The summed E-state index contributed by atoms with van der Waals surface area (Å²) in [5, 5.41) is 20.1. The van der Waals surface area contributed by atoms with Gasteiger partial charge in [-0.1, -0.05) is 10.3 Å². The number of rotatable bonds is 2. The molecule has 7 heteroatoms. The molecule has 2 aromatic heterocycles. The van der Waals surface area contributed by atoms with Gasteiger partial charge in [-0.05, 0) is 17.4 Å². The fourth-order valence-corrected chi connectivity index (χ4v) is 0.645. The van der Waals surface area contributed by atoms with Gasteiger partial charge in [0.15, 0.2) is 5.82 Å². The zero-order valence-electron chi connectivity index (χ0n) is 5.88. The van der Waals surface area contributed by atoms with Crippen LogP contribution in [0.15, 0.2) is 10.8 Å². The van der Waals surface area contributed by atoms with E-state index in [1.54, 1.807) is 12.2 Å². The van der Waals surface area contributed by atoms with E-state index in [1.165, 1.54) is 6.20 Å². The molecule has 0 radical (unpaired) electrons. The quantitative estimate of drug-likeness (QED) is 0.657. The number of hydrogen-bond acceptors (Lipinski definition) is 6. The van der Waals surface area contributed by atoms with Crippen molar-refractivity contribution in [1.82, 2.24) is 30.9 Å². The molecule has 0 aromatic carbocycles. The largest absolute Gasteiger partial charge is 0.244 e. The molecule has 0 spiro atoms. The van der Waals surface area contributed by atoms with Crippen LogP contribution in [0.1, 0.15) is 11.5 Å². The topological polar surface area (TPSA) is 93.4 Å². The van der Waals surface area contributed by atoms with Gasteiger partial charge in [0.25, 0.3) is 0 Å². The number of tetrazole rings is 1. The second kappa shape index (κ2) is 2.91. The Morgan fingerprint density at radius 1 is 1.42 bits per heavy atom. The summed E-state index contributed by atoms with van der Waals surface area (Å²) < 4.78 is 4.37. The minimum atomic E-state index is 0.484. The first kappa shape index (κ1) is 6.65. The van der Waals surface area contributed by atoms with Crippen LogP contribution < -0.4 is 0 Å². The Hall–Kier alpha value is -2.05. The number of aromatic nitrogens is 6. The van der Waals surface area contributed by atoms with E-state index in [2.05, 4.69) is 35.6 Å². The third-order valence-corrected chi connectivity index (χ3v) is 1.14. The lowest BCUT2D eigenvalue weighted by molar-refractivity contribution is 0.306. The molecule has 0 fully saturated rings. The van der Waals surface area contributed by atoms with Crippen molar-refractivity contribution in [2.75, 3.05) is 0 Å². The molecule has 0 bridgehead atoms. The molecule has 0 saturated carbocycles. The van der Waals surface area contributed by atoms with Gasteiger partial charge in [-0.2, -0.15) is 5.21 Å². The Bertz CT molecular complexity index is 313. The maximum Gasteiger partial charge on any atom is 0.197 e. The van der Waals surface area contributed by atoms with Crippen LogP contribution in [0.2, 0.25) is 0 Å². The van der Waals surface area contributed by atoms with E-state index >= 15 is 0 Å². The van der Waals surface area contributed by atoms with Crippen molar-refractivity contribution < 1.29 is 4.63 Å². The highest BCUT2D eigenvalue weighted by Gasteiger charge is 1.92. The minimum Gasteiger partial charge on any atom is -0.244 e. The normalized spacial score (nSPS) is 11.0. The number of hydrogen-bond donors (Lipinski definition) is 1. The highest BCUT2D eigenvalue weighted by molar-refractivity contribution is 5.63. The van der Waals surface area contributed by atoms with Crippen molar-refractivity contribution in [3.8, 4) is 0 Å². The lowest BCUT2D eigenvalue weighted by Gasteiger charge is -1.75. The van der Waals surface area contributed by atoms with Crippen LogP contribution in [0.25, 0.3) is 12.2 Å². The van der Waals surface area contributed by atoms with E-state index in [0.29, 0.717) is 11.5 Å². The zero-order chi connectivity index (χ0) is 8.23. The summed E-state index contributed by atoms with van der Waals surface area (Å²) in [5.41, 5.74) is 0.611. The second-order valence-electron chi connectivity index (χ2n) is 1.94. The van der Waals surface area contributed by atoms with Crippen LogP contribution in [-0.2, 0) is 0 Å². The third kappa shape index (κ3) is 1.34. The first-order chi connectivity index (χ1) is 5.95. The molecule has 0 unspecified atom stereocenters. The van der Waals surface area contributed by atoms with Crippen LogP contribution in [0.3, 0.4) is 0 Å². The minimum absolute atomic E-state index is 0.484. The first-order valence-corrected chi connectivity index (χ1v) is 3.14. The van der Waals surface area contributed by atoms with Crippen LogP contribution >= 0.6 is 0 Å². The number of nitrogens with zero attached hydrogens (tertiary/aromatic N) is 5. The van der Waals surface area contributed by atoms with Gasteiger partial charge in [-0.15, -0.1) is 10.2 Å². The summed E-state index contributed by atoms with van der Waals surface area (Å²) in [7, 11) is 0. The molecule has 7 nitrogen and oxygen atoms in total. The predicted molar refractivity (Wildman–Crippen MR) is 37.4 cm³/mol. The first-order valence-electron chi connectivity index (χ1n) is 3.14. The maximum absolute atomic E-state index is 4.37. The number of aromatic amines is 1. The smallest absolute Gasteiger partial charge is 0.197 e. The van der Waals surface area contributed by atoms with Gasteiger partial charge >= 0.3 is 0 Å². The molecule has 2 heterocycles. The molecule has 0 amide bonds. The van der Waals surface area contributed by atoms with Crippen molar-refractivity contribution in [1.29, 1.82) is 0 Å². The summed E-state index contributed by atoms with van der Waals surface area (Å²) in [6, 6.07) is 0. The summed E-state index contributed by atoms with van der Waals surface area (Å²) >= 11 is 0. The molecule has 12 heavy (non-hydrogen) atoms. The van der Waals surface area contributed by atoms with Crippen LogP contribution in [0.5, 0.6) is 0 Å². The van der Waals surface area contributed by atoms with Crippen LogP contribution in [0, 0.1) is 0 Å². The van der Waals surface area contributed by atoms with E-state index in [9.17, 15) is 0 Å². The fourth-order valence-electron chi connectivity index (χ4n) is 0.645. The zero-order valence-corrected chi connectivity index (χ0v) is 5.88. The molecular weight excluding hydrogens is 160 g/mol. The molecule has 1 N–H and O–H groups in total. The summed E-state index contributed by atoms with van der Waals surface area (Å²) in [6.07, 6.45) is 4.79. The van der Waals surface area contributed by atoms with Gasteiger partial charge in [0, 0.05) is 0 Å². The molecule has 0 aliphatic rings. The monoisotopic (exact) mass is 164 g/mol. The summed E-state index contributed by atoms with van der Waals surface area (Å²) in [6.45, 7) is 0. The summed E-state index contributed by atoms with van der Waals surface area (Å²) in [4.78, 5) is 0. The van der Waals surface area contributed by atoms with Crippen molar-refractivity contribution in [2.24, 2.45) is 0 Å². The molecule has 0 aliphatic heterocycles. The third-order valence-electron chi connectivity index (χ3n) is 1.14. The average Bonchev–Trinajstić information content (AvgIpc) is 2.74. The molecule has 0 atom stereocenters. The second-order valence-corrected chi connectivity index (χ2v) is 1.94. The summed E-state index contributed by atoms with van der Waals surface area (Å²) in [5.74, 6) is 0.484. The van der Waals surface area contributed by atoms with E-state index in [0.717, 1.165) is 0 Å². The van der Waals surface area contributed by atoms with Crippen molar-refractivity contribution in [3.05, 3.63) is 17.7 Å². The standard InChI is InChI=1S/C5H4N6O/c1(4-3-6-12-9-4)2-5-7-10-11-8-5/h1-3H,(H,7,8,10,11). The van der Waals surface area contributed by atoms with Gasteiger partial charge in [0.05, 0.1) is 6.20 Å². The lowest BCUT2D eigenvalue weighted by Crippen LogP contribution is -1.74. The fraction of sp³-hybridized carbons (Fsp3) is 0. The van der Waals surface area contributed by atoms with Gasteiger partial charge in [-0.25, -0.2) is 4.63 Å². The van der Waals surface area contributed by atoms with Crippen LogP contribution in [0.4, 0.5) is 0 Å². The van der Waals surface area contributed by atoms with Gasteiger partial charge < -0.3 is 0 Å². The molecule has 0 saturated heterocycles. The molecule has 0 aliphatic carbocycles. The van der Waals surface area contributed by atoms with Crippen LogP contribution in [-0.4, -0.2) is 30.9 Å². The molecular formula is C5H4N6O. The van der Waals surface area contributed by atoms with Crippen molar-refractivity contribution in [2.45, 2.75) is 0 Å². The van der Waals surface area contributed by atoms with Gasteiger partial charge in [0.1, 0.15) is 5.69 Å². The van der Waals surface area contributed by atoms with Gasteiger partial charge in [-0.3, -0.25) is 0 Å². The molecule has 2 rings (SSSR count). The SMILES string of the molecule is C(=Cc1nn[nH]n1)c1cnon1. The Balaban J connectivity index is 2.14. The van der Waals surface area contributed by atoms with Crippen molar-refractivity contribution in [3.63, 3.8) is 0 Å². The Morgan fingerprint density at radius 3 is 3.08 bits per heavy atom. The lowest BCUT2D eigenvalue weighted by atomic mass is 10.4. The Morgan fingerprint density at radius 2 is 2.42 bits per heavy atom. The van der Waals surface area contributed by atoms with Gasteiger partial charge in [0.2, 0.25) is 0 Å². The van der Waals surface area contributed by atoms with E-state index in [-0.39, 0.29) is 0 Å². The highest BCUT2D eigenvalue weighted by Crippen LogP contribution is 1.97. The Kier molecular flexibility index (Phi) is 1.61. The Labute approximate surface area is 66.4 Å². The van der Waals surface area contributed by atoms with E-state index < -0.39 is 0 Å². The van der Waals surface area contributed by atoms with E-state index in [4.69, 9.17) is 0 Å². The van der Waals surface area contributed by atoms with E-state index in [1.807, 2.05) is 0 Å². The molecule has 2 aromatic rings.